The molecule has 1 atom stereocenters. The molecule has 0 heterocycles. The average molecular weight is 279 g/mol. The van der Waals surface area contributed by atoms with Crippen LogP contribution >= 0.6 is 11.6 Å². The molecule has 0 saturated heterocycles. The molecule has 1 rings (SSSR count). The van der Waals surface area contributed by atoms with E-state index in [1.54, 1.807) is 0 Å². The summed E-state index contributed by atoms with van der Waals surface area (Å²) in [5.74, 6) is -5.55. The first-order valence-electron chi connectivity index (χ1n) is 5.16. The minimum atomic E-state index is -3.87. The van der Waals surface area contributed by atoms with Crippen LogP contribution in [0.5, 0.6) is 0 Å². The molecule has 0 amide bonds. The first kappa shape index (κ1) is 14.7. The second kappa shape index (κ2) is 5.49. The lowest BCUT2D eigenvalue weighted by Crippen LogP contribution is -2.42. The van der Waals surface area contributed by atoms with E-state index in [0.717, 1.165) is 0 Å². The molecule has 0 saturated carbocycles. The third-order valence-electron chi connectivity index (χ3n) is 2.32. The van der Waals surface area contributed by atoms with E-state index in [4.69, 9.17) is 23.1 Å². The van der Waals surface area contributed by atoms with Gasteiger partial charge in [0, 0.05) is 10.7 Å². The van der Waals surface area contributed by atoms with Crippen molar-refractivity contribution in [2.24, 2.45) is 5.73 Å². The summed E-state index contributed by atoms with van der Waals surface area (Å²) in [6.45, 7) is 1.26. The number of benzene rings is 1. The lowest BCUT2D eigenvalue weighted by atomic mass is 10.00. The molecule has 7 heteroatoms. The molecule has 18 heavy (non-hydrogen) atoms. The van der Waals surface area contributed by atoms with Crippen molar-refractivity contribution >= 4 is 23.3 Å². The van der Waals surface area contributed by atoms with Crippen molar-refractivity contribution in [2.75, 3.05) is 12.3 Å². The molecule has 0 unspecified atom stereocenters. The highest BCUT2D eigenvalue weighted by Gasteiger charge is 2.48. The standard InChI is InChI=1S/C11H13ClF2N2O2/c1-2-18-10(17)11(13,14)9(16)7-5-6(12)3-4-8(7)15/h3-5,9H,2,15-16H2,1H3/t9-/m1/s1. The van der Waals surface area contributed by atoms with Crippen molar-refractivity contribution in [3.05, 3.63) is 28.8 Å². The normalized spacial score (nSPS) is 13.2. The Balaban J connectivity index is 3.08. The summed E-state index contributed by atoms with van der Waals surface area (Å²) in [6, 6.07) is 2.08. The van der Waals surface area contributed by atoms with E-state index in [9.17, 15) is 13.6 Å². The molecule has 1 aromatic carbocycles. The molecule has 1 aromatic rings. The fourth-order valence-corrected chi connectivity index (χ4v) is 1.55. The van der Waals surface area contributed by atoms with Crippen LogP contribution in [-0.4, -0.2) is 18.5 Å². The number of rotatable bonds is 4. The Morgan fingerprint density at radius 1 is 1.56 bits per heavy atom. The average Bonchev–Trinajstić information content (AvgIpc) is 2.31. The van der Waals surface area contributed by atoms with Crippen molar-refractivity contribution in [3.63, 3.8) is 0 Å². The lowest BCUT2D eigenvalue weighted by molar-refractivity contribution is -0.174. The minimum Gasteiger partial charge on any atom is -0.462 e. The molecule has 4 nitrogen and oxygen atoms in total. The van der Waals surface area contributed by atoms with Gasteiger partial charge in [0.25, 0.3) is 0 Å². The van der Waals surface area contributed by atoms with E-state index in [2.05, 4.69) is 4.74 Å². The molecule has 0 fully saturated rings. The van der Waals surface area contributed by atoms with Gasteiger partial charge in [-0.3, -0.25) is 0 Å². The van der Waals surface area contributed by atoms with Gasteiger partial charge in [0.1, 0.15) is 6.04 Å². The second-order valence-corrected chi connectivity index (χ2v) is 4.03. The second-order valence-electron chi connectivity index (χ2n) is 3.59. The maximum atomic E-state index is 13.7. The fraction of sp³-hybridized carbons (Fsp3) is 0.364. The molecular formula is C11H13ClF2N2O2. The summed E-state index contributed by atoms with van der Waals surface area (Å²) in [5.41, 5.74) is 10.9. The zero-order valence-electron chi connectivity index (χ0n) is 9.62. The highest BCUT2D eigenvalue weighted by molar-refractivity contribution is 6.30. The predicted molar refractivity (Wildman–Crippen MR) is 64.4 cm³/mol. The van der Waals surface area contributed by atoms with E-state index in [1.807, 2.05) is 0 Å². The Morgan fingerprint density at radius 3 is 2.72 bits per heavy atom. The van der Waals surface area contributed by atoms with E-state index in [0.29, 0.717) is 0 Å². The first-order valence-corrected chi connectivity index (χ1v) is 5.54. The summed E-state index contributed by atoms with van der Waals surface area (Å²) in [5, 5.41) is 0.203. The smallest absolute Gasteiger partial charge is 0.379 e. The minimum absolute atomic E-state index is 0.0378. The maximum Gasteiger partial charge on any atom is 0.379 e. The Kier molecular flexibility index (Phi) is 4.48. The van der Waals surface area contributed by atoms with Crippen LogP contribution in [0.2, 0.25) is 5.02 Å². The maximum absolute atomic E-state index is 13.7. The van der Waals surface area contributed by atoms with Gasteiger partial charge in [0.15, 0.2) is 0 Å². The number of hydrogen-bond donors (Lipinski definition) is 2. The van der Waals surface area contributed by atoms with Crippen LogP contribution in [-0.2, 0) is 9.53 Å². The van der Waals surface area contributed by atoms with Gasteiger partial charge in [-0.15, -0.1) is 0 Å². The largest absolute Gasteiger partial charge is 0.462 e. The summed E-state index contributed by atoms with van der Waals surface area (Å²) in [7, 11) is 0. The predicted octanol–water partition coefficient (Wildman–Crippen LogP) is 2.12. The first-order chi connectivity index (χ1) is 8.30. The Labute approximate surface area is 108 Å². The number of nitrogen functional groups attached to an aromatic ring is 1. The number of nitrogens with two attached hydrogens (primary N) is 2. The summed E-state index contributed by atoms with van der Waals surface area (Å²) < 4.78 is 31.7. The van der Waals surface area contributed by atoms with Gasteiger partial charge in [-0.1, -0.05) is 11.6 Å². The van der Waals surface area contributed by atoms with Crippen LogP contribution in [0.1, 0.15) is 18.5 Å². The number of ether oxygens (including phenoxy) is 1. The van der Waals surface area contributed by atoms with Crippen LogP contribution in [0.15, 0.2) is 18.2 Å². The van der Waals surface area contributed by atoms with E-state index in [-0.39, 0.29) is 22.9 Å². The van der Waals surface area contributed by atoms with Gasteiger partial charge < -0.3 is 16.2 Å². The SMILES string of the molecule is CCOC(=O)C(F)(F)[C@H](N)c1cc(Cl)ccc1N. The fourth-order valence-electron chi connectivity index (χ4n) is 1.36. The number of hydrogen-bond acceptors (Lipinski definition) is 4. The third kappa shape index (κ3) is 2.88. The Hall–Kier alpha value is -1.40. The summed E-state index contributed by atoms with van der Waals surface area (Å²) in [6.07, 6.45) is 0. The van der Waals surface area contributed by atoms with Crippen molar-refractivity contribution in [3.8, 4) is 0 Å². The van der Waals surface area contributed by atoms with Crippen LogP contribution < -0.4 is 11.5 Å². The van der Waals surface area contributed by atoms with E-state index >= 15 is 0 Å². The number of alkyl halides is 2. The Morgan fingerprint density at radius 2 is 2.17 bits per heavy atom. The van der Waals surface area contributed by atoms with Gasteiger partial charge in [-0.05, 0) is 30.7 Å². The lowest BCUT2D eigenvalue weighted by Gasteiger charge is -2.23. The monoisotopic (exact) mass is 278 g/mol. The van der Waals surface area contributed by atoms with Crippen LogP contribution in [0.3, 0.4) is 0 Å². The molecule has 0 spiro atoms. The van der Waals surface area contributed by atoms with Gasteiger partial charge in [0.2, 0.25) is 0 Å². The number of carbonyl (C=O) groups excluding carboxylic acids is 1. The molecule has 0 aliphatic rings. The van der Waals surface area contributed by atoms with Crippen molar-refractivity contribution < 1.29 is 18.3 Å². The topological polar surface area (TPSA) is 78.3 Å². The molecule has 0 aromatic heterocycles. The zero-order valence-corrected chi connectivity index (χ0v) is 10.4. The van der Waals surface area contributed by atoms with Crippen molar-refractivity contribution in [2.45, 2.75) is 18.9 Å². The van der Waals surface area contributed by atoms with Crippen molar-refractivity contribution in [1.29, 1.82) is 0 Å². The third-order valence-corrected chi connectivity index (χ3v) is 2.56. The van der Waals surface area contributed by atoms with Gasteiger partial charge >= 0.3 is 11.9 Å². The molecule has 4 N–H and O–H groups in total. The Bertz CT molecular complexity index is 455. The molecular weight excluding hydrogens is 266 g/mol. The quantitative estimate of drug-likeness (QED) is 0.653. The number of carbonyl (C=O) groups is 1. The van der Waals surface area contributed by atoms with E-state index in [1.165, 1.54) is 25.1 Å². The molecule has 0 radical (unpaired) electrons. The van der Waals surface area contributed by atoms with Crippen molar-refractivity contribution in [1.82, 2.24) is 0 Å². The summed E-state index contributed by atoms with van der Waals surface area (Å²) >= 11 is 5.68. The van der Waals surface area contributed by atoms with Gasteiger partial charge in [-0.2, -0.15) is 8.78 Å². The van der Waals surface area contributed by atoms with Gasteiger partial charge in [0.05, 0.1) is 6.61 Å². The van der Waals surface area contributed by atoms with Crippen LogP contribution in [0.4, 0.5) is 14.5 Å². The highest BCUT2D eigenvalue weighted by atomic mass is 35.5. The summed E-state index contributed by atoms with van der Waals surface area (Å²) in [4.78, 5) is 11.1. The molecule has 100 valence electrons. The van der Waals surface area contributed by atoms with E-state index < -0.39 is 17.9 Å². The highest BCUT2D eigenvalue weighted by Crippen LogP contribution is 2.34. The van der Waals surface area contributed by atoms with Crippen LogP contribution in [0, 0.1) is 0 Å². The molecule has 0 aliphatic carbocycles. The van der Waals surface area contributed by atoms with Crippen LogP contribution in [0.25, 0.3) is 0 Å². The zero-order chi connectivity index (χ0) is 13.9. The van der Waals surface area contributed by atoms with Gasteiger partial charge in [-0.25, -0.2) is 4.79 Å². The molecule has 0 aliphatic heterocycles. The number of anilines is 1. The number of halogens is 3. The number of esters is 1. The molecule has 0 bridgehead atoms.